The summed E-state index contributed by atoms with van der Waals surface area (Å²) < 4.78 is 47.0. The summed E-state index contributed by atoms with van der Waals surface area (Å²) in [4.78, 5) is 0. The fourth-order valence-electron chi connectivity index (χ4n) is 4.12. The highest BCUT2D eigenvalue weighted by molar-refractivity contribution is 5.31. The zero-order valence-corrected chi connectivity index (χ0v) is 18.4. The van der Waals surface area contributed by atoms with Crippen LogP contribution in [0.25, 0.3) is 0 Å². The molecule has 1 aliphatic heterocycles. The highest BCUT2D eigenvalue weighted by Gasteiger charge is 2.38. The molecule has 2 heterocycles. The van der Waals surface area contributed by atoms with E-state index in [2.05, 4.69) is 26.1 Å². The van der Waals surface area contributed by atoms with Gasteiger partial charge >= 0.3 is 6.18 Å². The Hall–Kier alpha value is -2.80. The molecule has 1 saturated heterocycles. The molecule has 1 fully saturated rings. The van der Waals surface area contributed by atoms with Gasteiger partial charge in [-0.05, 0) is 63.1 Å². The van der Waals surface area contributed by atoms with Crippen LogP contribution in [0.5, 0.6) is 5.75 Å². The number of alkyl halides is 3. The zero-order chi connectivity index (χ0) is 22.9. The van der Waals surface area contributed by atoms with Crippen molar-refractivity contribution in [2.45, 2.75) is 56.9 Å². The van der Waals surface area contributed by atoms with Crippen LogP contribution in [0.4, 0.5) is 13.2 Å². The number of halogens is 3. The van der Waals surface area contributed by atoms with Gasteiger partial charge in [0, 0.05) is 24.2 Å². The Bertz CT molecular complexity index is 1020. The van der Waals surface area contributed by atoms with E-state index in [0.29, 0.717) is 6.61 Å². The van der Waals surface area contributed by atoms with E-state index in [1.165, 1.54) is 0 Å². The van der Waals surface area contributed by atoms with Crippen molar-refractivity contribution in [3.8, 4) is 5.75 Å². The lowest BCUT2D eigenvalue weighted by atomic mass is 9.90. The molecule has 2 aromatic carbocycles. The molecule has 1 N–H and O–H groups in total. The van der Waals surface area contributed by atoms with Crippen molar-refractivity contribution in [2.75, 3.05) is 6.61 Å². The van der Waals surface area contributed by atoms with Gasteiger partial charge in [-0.15, -0.1) is 0 Å². The van der Waals surface area contributed by atoms with Gasteiger partial charge in [0.05, 0.1) is 16.8 Å². The Balaban J connectivity index is 1.58. The van der Waals surface area contributed by atoms with Gasteiger partial charge in [-0.3, -0.25) is 4.68 Å². The van der Waals surface area contributed by atoms with E-state index in [1.807, 2.05) is 47.3 Å². The van der Waals surface area contributed by atoms with Crippen LogP contribution in [0.1, 0.15) is 56.0 Å². The normalized spacial score (nSPS) is 21.6. The summed E-state index contributed by atoms with van der Waals surface area (Å²) in [5.74, 6) is 0.820. The molecule has 0 amide bonds. The van der Waals surface area contributed by atoms with E-state index < -0.39 is 11.7 Å². The second-order valence-corrected chi connectivity index (χ2v) is 9.28. The van der Waals surface area contributed by atoms with E-state index in [-0.39, 0.29) is 23.5 Å². The lowest BCUT2D eigenvalue weighted by Gasteiger charge is -2.21. The number of nitrogens with zero attached hydrogens (tertiary/aromatic N) is 2. The highest BCUT2D eigenvalue weighted by Crippen LogP contribution is 2.41. The van der Waals surface area contributed by atoms with Crippen LogP contribution in [0.3, 0.4) is 0 Å². The lowest BCUT2D eigenvalue weighted by molar-refractivity contribution is -0.137. The Labute approximate surface area is 186 Å². The molecule has 32 heavy (non-hydrogen) atoms. The van der Waals surface area contributed by atoms with Crippen LogP contribution in [0, 0.1) is 0 Å². The molecule has 4 nitrogen and oxygen atoms in total. The molecule has 0 radical (unpaired) electrons. The first kappa shape index (κ1) is 22.4. The van der Waals surface area contributed by atoms with Crippen molar-refractivity contribution in [2.24, 2.45) is 0 Å². The summed E-state index contributed by atoms with van der Waals surface area (Å²) in [5, 5.41) is 8.38. The number of ether oxygens (including phenoxy) is 1. The number of hydrogen-bond donors (Lipinski definition) is 1. The van der Waals surface area contributed by atoms with Crippen molar-refractivity contribution >= 4 is 0 Å². The number of hydrogen-bond acceptors (Lipinski definition) is 3. The van der Waals surface area contributed by atoms with Gasteiger partial charge < -0.3 is 10.1 Å². The maximum Gasteiger partial charge on any atom is 0.416 e. The quantitative estimate of drug-likeness (QED) is 0.532. The highest BCUT2D eigenvalue weighted by atomic mass is 19.4. The molecule has 1 aromatic heterocycles. The minimum absolute atomic E-state index is 0.0275. The summed E-state index contributed by atoms with van der Waals surface area (Å²) in [6.07, 6.45) is -1.61. The number of benzene rings is 2. The second-order valence-electron chi connectivity index (χ2n) is 9.28. The van der Waals surface area contributed by atoms with Gasteiger partial charge in [0.2, 0.25) is 0 Å². The molecule has 3 aromatic rings. The average Bonchev–Trinajstić information content (AvgIpc) is 3.40. The predicted octanol–water partition coefficient (Wildman–Crippen LogP) is 5.92. The standard InChI is InChI=1S/C25H28F3N3O/c1-24(2,3)31-14-13-22(30-31)21-15-19(16-32-20-7-5-4-6-8-20)29-23(21)17-9-11-18(12-10-17)25(26,27)28/h4-14,19,21,23,29H,15-16H2,1-3H3/t19-,21?,23-/m0/s1. The minimum atomic E-state index is -4.35. The van der Waals surface area contributed by atoms with Crippen LogP contribution in [-0.4, -0.2) is 22.4 Å². The molecular formula is C25H28F3N3O. The number of nitrogens with one attached hydrogen (secondary N) is 1. The van der Waals surface area contributed by atoms with Crippen LogP contribution >= 0.6 is 0 Å². The van der Waals surface area contributed by atoms with Gasteiger partial charge in [-0.1, -0.05) is 30.3 Å². The van der Waals surface area contributed by atoms with Gasteiger partial charge in [0.25, 0.3) is 0 Å². The molecule has 0 aliphatic carbocycles. The molecule has 1 unspecified atom stereocenters. The maximum absolute atomic E-state index is 13.0. The van der Waals surface area contributed by atoms with Gasteiger partial charge in [-0.25, -0.2) is 0 Å². The van der Waals surface area contributed by atoms with Crippen molar-refractivity contribution in [3.05, 3.63) is 83.7 Å². The molecule has 4 rings (SSSR count). The van der Waals surface area contributed by atoms with E-state index in [0.717, 1.165) is 35.6 Å². The molecule has 3 atom stereocenters. The summed E-state index contributed by atoms with van der Waals surface area (Å²) in [7, 11) is 0. The first-order valence-electron chi connectivity index (χ1n) is 10.8. The Morgan fingerprint density at radius 3 is 2.28 bits per heavy atom. The summed E-state index contributed by atoms with van der Waals surface area (Å²) in [5.41, 5.74) is 0.955. The molecule has 0 saturated carbocycles. The fourth-order valence-corrected chi connectivity index (χ4v) is 4.12. The van der Waals surface area contributed by atoms with E-state index >= 15 is 0 Å². The van der Waals surface area contributed by atoms with Crippen LogP contribution in [0.2, 0.25) is 0 Å². The van der Waals surface area contributed by atoms with E-state index in [1.54, 1.807) is 12.1 Å². The monoisotopic (exact) mass is 443 g/mol. The zero-order valence-electron chi connectivity index (χ0n) is 18.4. The third-order valence-electron chi connectivity index (χ3n) is 5.82. The number of aromatic nitrogens is 2. The smallest absolute Gasteiger partial charge is 0.416 e. The Morgan fingerprint density at radius 2 is 1.69 bits per heavy atom. The Morgan fingerprint density at radius 1 is 1.00 bits per heavy atom. The summed E-state index contributed by atoms with van der Waals surface area (Å²) >= 11 is 0. The first-order valence-corrected chi connectivity index (χ1v) is 10.8. The van der Waals surface area contributed by atoms with Crippen molar-refractivity contribution < 1.29 is 17.9 Å². The molecule has 170 valence electrons. The second kappa shape index (κ2) is 8.62. The van der Waals surface area contributed by atoms with Gasteiger partial charge in [0.1, 0.15) is 12.4 Å². The molecular weight excluding hydrogens is 415 g/mol. The molecule has 0 bridgehead atoms. The largest absolute Gasteiger partial charge is 0.492 e. The van der Waals surface area contributed by atoms with E-state index in [9.17, 15) is 13.2 Å². The lowest BCUT2D eigenvalue weighted by Crippen LogP contribution is -2.30. The number of rotatable bonds is 5. The molecule has 0 spiro atoms. The van der Waals surface area contributed by atoms with Gasteiger partial charge in [0.15, 0.2) is 0 Å². The topological polar surface area (TPSA) is 39.1 Å². The Kier molecular flexibility index (Phi) is 6.03. The summed E-state index contributed by atoms with van der Waals surface area (Å²) in [6, 6.07) is 16.9. The van der Waals surface area contributed by atoms with Crippen LogP contribution < -0.4 is 10.1 Å². The molecule has 7 heteroatoms. The maximum atomic E-state index is 13.0. The number of para-hydroxylation sites is 1. The average molecular weight is 444 g/mol. The van der Waals surface area contributed by atoms with Crippen molar-refractivity contribution in [1.29, 1.82) is 0 Å². The SMILES string of the molecule is CC(C)(C)n1ccc(C2C[C@@H](COc3ccccc3)N[C@H]2c2ccc(C(F)(F)F)cc2)n1. The predicted molar refractivity (Wildman–Crippen MR) is 118 cm³/mol. The third-order valence-corrected chi connectivity index (χ3v) is 5.82. The van der Waals surface area contributed by atoms with Crippen molar-refractivity contribution in [1.82, 2.24) is 15.1 Å². The van der Waals surface area contributed by atoms with E-state index in [4.69, 9.17) is 9.84 Å². The minimum Gasteiger partial charge on any atom is -0.492 e. The fraction of sp³-hybridized carbons (Fsp3) is 0.400. The first-order chi connectivity index (χ1) is 15.1. The van der Waals surface area contributed by atoms with Crippen molar-refractivity contribution in [3.63, 3.8) is 0 Å². The third kappa shape index (κ3) is 4.99. The molecule has 1 aliphatic rings. The van der Waals surface area contributed by atoms with Crippen LogP contribution in [0.15, 0.2) is 66.9 Å². The van der Waals surface area contributed by atoms with Crippen LogP contribution in [-0.2, 0) is 11.7 Å². The summed E-state index contributed by atoms with van der Waals surface area (Å²) in [6.45, 7) is 6.72. The van der Waals surface area contributed by atoms with Gasteiger partial charge in [-0.2, -0.15) is 18.3 Å².